The second-order valence-corrected chi connectivity index (χ2v) is 6.05. The number of aryl methyl sites for hydroxylation is 1. The molecule has 0 amide bonds. The number of hydrogen-bond acceptors (Lipinski definition) is 4. The minimum Gasteiger partial charge on any atom is -0.377 e. The summed E-state index contributed by atoms with van der Waals surface area (Å²) in [7, 11) is 0. The Kier molecular flexibility index (Phi) is 4.34. The van der Waals surface area contributed by atoms with Crippen LogP contribution in [-0.2, 0) is 16.1 Å². The molecular weight excluding hydrogens is 252 g/mol. The largest absolute Gasteiger partial charge is 0.377 e. The number of piperidine rings is 1. The van der Waals surface area contributed by atoms with Gasteiger partial charge in [-0.25, -0.2) is 0 Å². The maximum absolute atomic E-state index is 5.99. The third-order valence-electron chi connectivity index (χ3n) is 4.47. The van der Waals surface area contributed by atoms with Gasteiger partial charge in [0, 0.05) is 24.3 Å². The van der Waals surface area contributed by atoms with Gasteiger partial charge in [0.15, 0.2) is 0 Å². The Bertz CT molecular complexity index is 438. The smallest absolute Gasteiger partial charge is 0.0888 e. The fourth-order valence-electron chi connectivity index (χ4n) is 3.40. The molecule has 1 aromatic rings. The molecule has 1 aromatic heterocycles. The van der Waals surface area contributed by atoms with Crippen molar-refractivity contribution < 1.29 is 9.47 Å². The van der Waals surface area contributed by atoms with Gasteiger partial charge >= 0.3 is 0 Å². The third kappa shape index (κ3) is 3.03. The van der Waals surface area contributed by atoms with Gasteiger partial charge in [0.25, 0.3) is 0 Å². The van der Waals surface area contributed by atoms with Crippen molar-refractivity contribution in [3.8, 4) is 0 Å². The Hall–Kier alpha value is -0.970. The molecule has 4 nitrogen and oxygen atoms in total. The monoisotopic (exact) mass is 276 g/mol. The maximum Gasteiger partial charge on any atom is 0.0888 e. The van der Waals surface area contributed by atoms with E-state index >= 15 is 0 Å². The van der Waals surface area contributed by atoms with Gasteiger partial charge in [0.05, 0.1) is 25.0 Å². The lowest BCUT2D eigenvalue weighted by Gasteiger charge is -2.47. The van der Waals surface area contributed by atoms with Crippen molar-refractivity contribution in [2.75, 3.05) is 26.3 Å². The highest BCUT2D eigenvalue weighted by atomic mass is 16.5. The van der Waals surface area contributed by atoms with Crippen LogP contribution >= 0.6 is 0 Å². The van der Waals surface area contributed by atoms with E-state index in [0.29, 0.717) is 12.7 Å². The van der Waals surface area contributed by atoms with E-state index < -0.39 is 0 Å². The van der Waals surface area contributed by atoms with Gasteiger partial charge in [-0.15, -0.1) is 0 Å². The van der Waals surface area contributed by atoms with E-state index in [2.05, 4.69) is 10.3 Å². The molecule has 2 saturated heterocycles. The Morgan fingerprint density at radius 1 is 1.50 bits per heavy atom. The molecular formula is C16H24N2O2. The Balaban J connectivity index is 1.58. The molecule has 2 aliphatic heterocycles. The highest BCUT2D eigenvalue weighted by molar-refractivity contribution is 5.09. The lowest BCUT2D eigenvalue weighted by Crippen LogP contribution is -2.55. The van der Waals surface area contributed by atoms with Crippen molar-refractivity contribution in [2.24, 2.45) is 5.41 Å². The first-order valence-electron chi connectivity index (χ1n) is 7.61. The molecule has 4 heteroatoms. The van der Waals surface area contributed by atoms with E-state index in [4.69, 9.17) is 9.47 Å². The quantitative estimate of drug-likeness (QED) is 0.914. The predicted octanol–water partition coefficient (Wildman–Crippen LogP) is 2.07. The van der Waals surface area contributed by atoms with Gasteiger partial charge in [0.1, 0.15) is 0 Å². The molecule has 2 fully saturated rings. The minimum atomic E-state index is 0.167. The van der Waals surface area contributed by atoms with E-state index in [9.17, 15) is 0 Å². The van der Waals surface area contributed by atoms with Gasteiger partial charge < -0.3 is 14.8 Å². The zero-order valence-electron chi connectivity index (χ0n) is 12.2. The van der Waals surface area contributed by atoms with Crippen LogP contribution in [0.5, 0.6) is 0 Å². The van der Waals surface area contributed by atoms with Gasteiger partial charge in [-0.2, -0.15) is 0 Å². The number of pyridine rings is 1. The minimum absolute atomic E-state index is 0.167. The molecule has 0 saturated carbocycles. The summed E-state index contributed by atoms with van der Waals surface area (Å²) in [5.41, 5.74) is 2.22. The topological polar surface area (TPSA) is 43.4 Å². The summed E-state index contributed by atoms with van der Waals surface area (Å²) in [5, 5.41) is 3.51. The molecule has 2 aliphatic rings. The van der Waals surface area contributed by atoms with Crippen LogP contribution in [0.25, 0.3) is 0 Å². The zero-order chi connectivity index (χ0) is 13.8. The normalized spacial score (nSPS) is 29.9. The number of aromatic nitrogens is 1. The Morgan fingerprint density at radius 3 is 3.35 bits per heavy atom. The molecule has 20 heavy (non-hydrogen) atoms. The summed E-state index contributed by atoms with van der Waals surface area (Å²) < 4.78 is 12.0. The summed E-state index contributed by atoms with van der Waals surface area (Å²) in [6, 6.07) is 6.07. The van der Waals surface area contributed by atoms with Crippen molar-refractivity contribution in [1.29, 1.82) is 0 Å². The van der Waals surface area contributed by atoms with E-state index in [0.717, 1.165) is 50.5 Å². The van der Waals surface area contributed by atoms with Crippen LogP contribution in [0.15, 0.2) is 18.2 Å². The maximum atomic E-state index is 5.99. The molecule has 3 heterocycles. The highest BCUT2D eigenvalue weighted by Gasteiger charge is 2.43. The molecule has 0 aliphatic carbocycles. The lowest BCUT2D eigenvalue weighted by molar-refractivity contribution is -0.132. The first kappa shape index (κ1) is 14.0. The van der Waals surface area contributed by atoms with Crippen LogP contribution in [0.3, 0.4) is 0 Å². The fourth-order valence-corrected chi connectivity index (χ4v) is 3.40. The summed E-state index contributed by atoms with van der Waals surface area (Å²) >= 11 is 0. The predicted molar refractivity (Wildman–Crippen MR) is 77.5 cm³/mol. The molecule has 2 atom stereocenters. The average molecular weight is 276 g/mol. The van der Waals surface area contributed by atoms with Gasteiger partial charge in [-0.3, -0.25) is 4.98 Å². The SMILES string of the molecule is Cc1cccc(COCC23CCCOC2CCNC3)n1. The molecule has 2 unspecified atom stereocenters. The zero-order valence-corrected chi connectivity index (χ0v) is 12.2. The molecule has 3 rings (SSSR count). The first-order valence-corrected chi connectivity index (χ1v) is 7.61. The highest BCUT2D eigenvalue weighted by Crippen LogP contribution is 2.38. The van der Waals surface area contributed by atoms with Crippen molar-refractivity contribution in [3.63, 3.8) is 0 Å². The Labute approximate surface area is 120 Å². The van der Waals surface area contributed by atoms with Crippen LogP contribution in [-0.4, -0.2) is 37.4 Å². The number of hydrogen-bond donors (Lipinski definition) is 1. The van der Waals surface area contributed by atoms with Gasteiger partial charge in [-0.05, 0) is 44.9 Å². The fraction of sp³-hybridized carbons (Fsp3) is 0.688. The number of nitrogens with one attached hydrogen (secondary N) is 1. The summed E-state index contributed by atoms with van der Waals surface area (Å²) in [6.45, 7) is 6.35. The number of fused-ring (bicyclic) bond motifs is 1. The van der Waals surface area contributed by atoms with Crippen LogP contribution in [0.4, 0.5) is 0 Å². The molecule has 0 radical (unpaired) electrons. The van der Waals surface area contributed by atoms with Gasteiger partial charge in [0.2, 0.25) is 0 Å². The van der Waals surface area contributed by atoms with Crippen molar-refractivity contribution in [1.82, 2.24) is 10.3 Å². The molecule has 1 N–H and O–H groups in total. The summed E-state index contributed by atoms with van der Waals surface area (Å²) in [5.74, 6) is 0. The van der Waals surface area contributed by atoms with E-state index in [1.165, 1.54) is 6.42 Å². The molecule has 0 aromatic carbocycles. The number of nitrogens with zero attached hydrogens (tertiary/aromatic N) is 1. The summed E-state index contributed by atoms with van der Waals surface area (Å²) in [4.78, 5) is 4.49. The van der Waals surface area contributed by atoms with E-state index in [1.807, 2.05) is 25.1 Å². The van der Waals surface area contributed by atoms with Crippen LogP contribution < -0.4 is 5.32 Å². The van der Waals surface area contributed by atoms with Gasteiger partial charge in [-0.1, -0.05) is 6.07 Å². The van der Waals surface area contributed by atoms with E-state index in [1.54, 1.807) is 0 Å². The number of rotatable bonds is 4. The third-order valence-corrected chi connectivity index (χ3v) is 4.47. The summed E-state index contributed by atoms with van der Waals surface area (Å²) in [6.07, 6.45) is 3.81. The van der Waals surface area contributed by atoms with E-state index in [-0.39, 0.29) is 5.41 Å². The molecule has 110 valence electrons. The standard InChI is InChI=1S/C16H24N2O2/c1-13-4-2-5-14(18-13)10-19-12-16-7-3-9-20-15(16)6-8-17-11-16/h2,4-5,15,17H,3,6-12H2,1H3. The van der Waals surface area contributed by atoms with Crippen molar-refractivity contribution >= 4 is 0 Å². The van der Waals surface area contributed by atoms with Crippen molar-refractivity contribution in [3.05, 3.63) is 29.6 Å². The second kappa shape index (κ2) is 6.20. The van der Waals surface area contributed by atoms with Crippen molar-refractivity contribution in [2.45, 2.75) is 38.9 Å². The van der Waals surface area contributed by atoms with Crippen LogP contribution in [0.2, 0.25) is 0 Å². The second-order valence-electron chi connectivity index (χ2n) is 6.05. The molecule has 0 bridgehead atoms. The average Bonchev–Trinajstić information content (AvgIpc) is 2.47. The number of ether oxygens (including phenoxy) is 2. The first-order chi connectivity index (χ1) is 9.78. The van der Waals surface area contributed by atoms with Crippen LogP contribution in [0, 0.1) is 12.3 Å². The Morgan fingerprint density at radius 2 is 2.45 bits per heavy atom. The molecule has 0 spiro atoms. The lowest BCUT2D eigenvalue weighted by atomic mass is 9.73. The van der Waals surface area contributed by atoms with Crippen LogP contribution in [0.1, 0.15) is 30.7 Å².